The molecule has 0 atom stereocenters. The number of amides is 1. The number of likely N-dealkylation sites (tertiary alicyclic amines) is 1. The first-order chi connectivity index (χ1) is 7.17. The van der Waals surface area contributed by atoms with E-state index in [4.69, 9.17) is 4.74 Å². The molecule has 2 saturated heterocycles. The van der Waals surface area contributed by atoms with Crippen LogP contribution in [0.5, 0.6) is 0 Å². The summed E-state index contributed by atoms with van der Waals surface area (Å²) in [4.78, 5) is 24.9. The topological polar surface area (TPSA) is 66.8 Å². The van der Waals surface area contributed by atoms with E-state index < -0.39 is 11.4 Å². The number of aliphatic carboxylic acids is 1. The molecule has 1 amide bonds. The molecular weight excluding hydrogens is 198 g/mol. The first-order valence-electron chi connectivity index (χ1n) is 5.27. The van der Waals surface area contributed by atoms with Crippen LogP contribution in [-0.2, 0) is 14.3 Å². The molecule has 0 saturated carbocycles. The van der Waals surface area contributed by atoms with Crippen molar-refractivity contribution >= 4 is 11.9 Å². The van der Waals surface area contributed by atoms with Crippen molar-refractivity contribution < 1.29 is 19.4 Å². The van der Waals surface area contributed by atoms with Gasteiger partial charge in [-0.25, -0.2) is 0 Å². The van der Waals surface area contributed by atoms with Crippen molar-refractivity contribution in [2.45, 2.75) is 19.3 Å². The van der Waals surface area contributed by atoms with Crippen molar-refractivity contribution in [1.82, 2.24) is 4.90 Å². The number of carboxylic acids is 1. The van der Waals surface area contributed by atoms with Crippen LogP contribution in [0.25, 0.3) is 0 Å². The lowest BCUT2D eigenvalue weighted by Crippen LogP contribution is -2.55. The fourth-order valence-electron chi connectivity index (χ4n) is 2.06. The first kappa shape index (κ1) is 10.4. The molecule has 2 rings (SSSR count). The van der Waals surface area contributed by atoms with Crippen molar-refractivity contribution in [3.05, 3.63) is 0 Å². The van der Waals surface area contributed by atoms with E-state index >= 15 is 0 Å². The Bertz CT molecular complexity index is 279. The van der Waals surface area contributed by atoms with Crippen molar-refractivity contribution in [1.29, 1.82) is 0 Å². The van der Waals surface area contributed by atoms with Crippen molar-refractivity contribution in [2.24, 2.45) is 5.41 Å². The maximum absolute atomic E-state index is 12.0. The van der Waals surface area contributed by atoms with E-state index in [0.717, 1.165) is 6.42 Å². The standard InChI is InChI=1S/C10H15NO4/c12-8(11-4-1-5-11)10(9(13)14)2-6-15-7-3-10/h1-7H2,(H,13,14). The molecule has 0 aromatic heterocycles. The van der Waals surface area contributed by atoms with E-state index in [1.807, 2.05) is 0 Å². The van der Waals surface area contributed by atoms with E-state index in [2.05, 4.69) is 0 Å². The Morgan fingerprint density at radius 2 is 1.80 bits per heavy atom. The van der Waals surface area contributed by atoms with Crippen LogP contribution in [0.1, 0.15) is 19.3 Å². The molecule has 0 spiro atoms. The highest BCUT2D eigenvalue weighted by atomic mass is 16.5. The molecule has 0 bridgehead atoms. The van der Waals surface area contributed by atoms with Gasteiger partial charge in [0.25, 0.3) is 0 Å². The number of carbonyl (C=O) groups excluding carboxylic acids is 1. The zero-order valence-electron chi connectivity index (χ0n) is 8.57. The zero-order valence-corrected chi connectivity index (χ0v) is 8.57. The Labute approximate surface area is 88.0 Å². The summed E-state index contributed by atoms with van der Waals surface area (Å²) in [6.45, 7) is 2.14. The molecule has 2 aliphatic heterocycles. The van der Waals surface area contributed by atoms with Gasteiger partial charge in [-0.2, -0.15) is 0 Å². The van der Waals surface area contributed by atoms with Crippen LogP contribution in [0, 0.1) is 5.41 Å². The highest BCUT2D eigenvalue weighted by Gasteiger charge is 2.50. The fourth-order valence-corrected chi connectivity index (χ4v) is 2.06. The van der Waals surface area contributed by atoms with E-state index in [0.29, 0.717) is 39.1 Å². The van der Waals surface area contributed by atoms with Gasteiger partial charge >= 0.3 is 5.97 Å². The molecule has 5 heteroatoms. The Kier molecular flexibility index (Phi) is 2.65. The molecule has 2 heterocycles. The smallest absolute Gasteiger partial charge is 0.319 e. The zero-order chi connectivity index (χ0) is 10.9. The lowest BCUT2D eigenvalue weighted by Gasteiger charge is -2.40. The van der Waals surface area contributed by atoms with Gasteiger partial charge in [0.05, 0.1) is 0 Å². The Balaban J connectivity index is 2.16. The average molecular weight is 213 g/mol. The maximum Gasteiger partial charge on any atom is 0.319 e. The van der Waals surface area contributed by atoms with Gasteiger partial charge in [0, 0.05) is 26.3 Å². The molecule has 0 aromatic carbocycles. The Hall–Kier alpha value is -1.10. The van der Waals surface area contributed by atoms with Crippen molar-refractivity contribution in [2.75, 3.05) is 26.3 Å². The molecule has 0 aromatic rings. The minimum atomic E-state index is -1.21. The van der Waals surface area contributed by atoms with Gasteiger partial charge in [0.2, 0.25) is 5.91 Å². The SMILES string of the molecule is O=C(O)C1(C(=O)N2CCC2)CCOCC1. The van der Waals surface area contributed by atoms with Gasteiger partial charge in [-0.3, -0.25) is 9.59 Å². The van der Waals surface area contributed by atoms with E-state index in [1.165, 1.54) is 0 Å². The summed E-state index contributed by atoms with van der Waals surface area (Å²) in [5.41, 5.74) is -1.21. The van der Waals surface area contributed by atoms with Gasteiger partial charge in [-0.05, 0) is 19.3 Å². The van der Waals surface area contributed by atoms with Crippen molar-refractivity contribution in [3.8, 4) is 0 Å². The molecule has 5 nitrogen and oxygen atoms in total. The summed E-state index contributed by atoms with van der Waals surface area (Å²) < 4.78 is 5.12. The van der Waals surface area contributed by atoms with Crippen LogP contribution in [-0.4, -0.2) is 48.2 Å². The minimum Gasteiger partial charge on any atom is -0.480 e. The minimum absolute atomic E-state index is 0.218. The molecule has 2 aliphatic rings. The summed E-state index contributed by atoms with van der Waals surface area (Å²) in [6, 6.07) is 0. The van der Waals surface area contributed by atoms with Gasteiger partial charge in [0.15, 0.2) is 5.41 Å². The van der Waals surface area contributed by atoms with Gasteiger partial charge in [-0.1, -0.05) is 0 Å². The van der Waals surface area contributed by atoms with Gasteiger partial charge in [-0.15, -0.1) is 0 Å². The second-order valence-corrected chi connectivity index (χ2v) is 4.15. The second-order valence-electron chi connectivity index (χ2n) is 4.15. The number of carbonyl (C=O) groups is 2. The molecule has 0 aliphatic carbocycles. The van der Waals surface area contributed by atoms with E-state index in [9.17, 15) is 14.7 Å². The predicted molar refractivity (Wildman–Crippen MR) is 51.3 cm³/mol. The van der Waals surface area contributed by atoms with Crippen LogP contribution in [0.4, 0.5) is 0 Å². The van der Waals surface area contributed by atoms with Gasteiger partial charge in [0.1, 0.15) is 0 Å². The molecule has 2 fully saturated rings. The number of ether oxygens (including phenoxy) is 1. The molecule has 0 radical (unpaired) electrons. The normalized spacial score (nSPS) is 24.4. The summed E-state index contributed by atoms with van der Waals surface area (Å²) in [5, 5.41) is 9.22. The number of nitrogens with zero attached hydrogens (tertiary/aromatic N) is 1. The number of carboxylic acid groups (broad SMARTS) is 1. The third kappa shape index (κ3) is 1.61. The van der Waals surface area contributed by atoms with Crippen LogP contribution >= 0.6 is 0 Å². The predicted octanol–water partition coefficient (Wildman–Crippen LogP) is 0.100. The summed E-state index contributed by atoms with van der Waals surface area (Å²) in [6.07, 6.45) is 1.59. The Morgan fingerprint density at radius 1 is 1.20 bits per heavy atom. The average Bonchev–Trinajstić information content (AvgIpc) is 2.16. The number of hydrogen-bond acceptors (Lipinski definition) is 3. The number of hydrogen-bond donors (Lipinski definition) is 1. The van der Waals surface area contributed by atoms with Gasteiger partial charge < -0.3 is 14.7 Å². The third-order valence-corrected chi connectivity index (χ3v) is 3.31. The quantitative estimate of drug-likeness (QED) is 0.661. The monoisotopic (exact) mass is 213 g/mol. The molecule has 84 valence electrons. The summed E-state index contributed by atoms with van der Waals surface area (Å²) in [7, 11) is 0. The first-order valence-corrected chi connectivity index (χ1v) is 5.27. The highest BCUT2D eigenvalue weighted by Crippen LogP contribution is 2.34. The van der Waals surface area contributed by atoms with E-state index in [-0.39, 0.29) is 5.91 Å². The molecular formula is C10H15NO4. The lowest BCUT2D eigenvalue weighted by atomic mass is 9.78. The second kappa shape index (κ2) is 3.81. The van der Waals surface area contributed by atoms with Crippen LogP contribution < -0.4 is 0 Å². The van der Waals surface area contributed by atoms with Crippen LogP contribution in [0.2, 0.25) is 0 Å². The molecule has 1 N–H and O–H groups in total. The van der Waals surface area contributed by atoms with Crippen LogP contribution in [0.15, 0.2) is 0 Å². The molecule has 0 unspecified atom stereocenters. The lowest BCUT2D eigenvalue weighted by molar-refractivity contribution is -0.169. The summed E-state index contributed by atoms with van der Waals surface area (Å²) >= 11 is 0. The number of rotatable bonds is 2. The van der Waals surface area contributed by atoms with E-state index in [1.54, 1.807) is 4.90 Å². The third-order valence-electron chi connectivity index (χ3n) is 3.31. The Morgan fingerprint density at radius 3 is 2.20 bits per heavy atom. The largest absolute Gasteiger partial charge is 0.480 e. The molecule has 15 heavy (non-hydrogen) atoms. The highest BCUT2D eigenvalue weighted by molar-refractivity contribution is 6.02. The summed E-state index contributed by atoms with van der Waals surface area (Å²) in [5.74, 6) is -1.22. The van der Waals surface area contributed by atoms with Crippen molar-refractivity contribution in [3.63, 3.8) is 0 Å². The maximum atomic E-state index is 12.0. The van der Waals surface area contributed by atoms with Crippen LogP contribution in [0.3, 0.4) is 0 Å². The fraction of sp³-hybridized carbons (Fsp3) is 0.800.